The predicted octanol–water partition coefficient (Wildman–Crippen LogP) is 3.02. The van der Waals surface area contributed by atoms with Crippen molar-refractivity contribution in [2.24, 2.45) is 11.8 Å². The first-order valence-electron chi connectivity index (χ1n) is 5.52. The highest BCUT2D eigenvalue weighted by Gasteiger charge is 2.26. The minimum absolute atomic E-state index is 0.109. The zero-order valence-electron chi connectivity index (χ0n) is 8.71. The molecule has 1 aliphatic carbocycles. The molecule has 3 N–H and O–H groups in total. The number of furan rings is 1. The SMILES string of the molecule is NNC(c1ccc(Cl)o1)C1CCCCC1. The molecule has 0 aliphatic heterocycles. The van der Waals surface area contributed by atoms with Crippen LogP contribution in [-0.2, 0) is 0 Å². The Morgan fingerprint density at radius 3 is 2.60 bits per heavy atom. The van der Waals surface area contributed by atoms with E-state index in [1.165, 1.54) is 32.1 Å². The van der Waals surface area contributed by atoms with Crippen LogP contribution >= 0.6 is 11.6 Å². The van der Waals surface area contributed by atoms with Gasteiger partial charge in [-0.1, -0.05) is 19.3 Å². The van der Waals surface area contributed by atoms with E-state index in [2.05, 4.69) is 5.43 Å². The lowest BCUT2D eigenvalue weighted by molar-refractivity contribution is 0.246. The summed E-state index contributed by atoms with van der Waals surface area (Å²) in [5.41, 5.74) is 2.85. The molecule has 3 nitrogen and oxygen atoms in total. The maximum Gasteiger partial charge on any atom is 0.193 e. The second-order valence-corrected chi connectivity index (χ2v) is 4.56. The summed E-state index contributed by atoms with van der Waals surface area (Å²) in [6.45, 7) is 0. The minimum atomic E-state index is 0.109. The summed E-state index contributed by atoms with van der Waals surface area (Å²) in [6.07, 6.45) is 6.35. The van der Waals surface area contributed by atoms with Gasteiger partial charge in [0.15, 0.2) is 5.22 Å². The summed E-state index contributed by atoms with van der Waals surface area (Å²) in [5.74, 6) is 7.02. The highest BCUT2D eigenvalue weighted by Crippen LogP contribution is 2.35. The van der Waals surface area contributed by atoms with Crippen LogP contribution < -0.4 is 11.3 Å². The van der Waals surface area contributed by atoms with Crippen molar-refractivity contribution in [2.45, 2.75) is 38.1 Å². The molecule has 0 amide bonds. The van der Waals surface area contributed by atoms with Gasteiger partial charge in [0.25, 0.3) is 0 Å². The summed E-state index contributed by atoms with van der Waals surface area (Å²) >= 11 is 5.77. The lowest BCUT2D eigenvalue weighted by Crippen LogP contribution is -2.34. The highest BCUT2D eigenvalue weighted by atomic mass is 35.5. The van der Waals surface area contributed by atoms with Gasteiger partial charge < -0.3 is 4.42 Å². The van der Waals surface area contributed by atoms with Crippen LogP contribution in [0.2, 0.25) is 5.22 Å². The predicted molar refractivity (Wildman–Crippen MR) is 60.4 cm³/mol. The van der Waals surface area contributed by atoms with Crippen LogP contribution in [0, 0.1) is 5.92 Å². The third-order valence-electron chi connectivity index (χ3n) is 3.20. The molecule has 84 valence electrons. The van der Waals surface area contributed by atoms with E-state index >= 15 is 0 Å². The summed E-state index contributed by atoms with van der Waals surface area (Å²) in [7, 11) is 0. The van der Waals surface area contributed by atoms with Crippen LogP contribution in [0.25, 0.3) is 0 Å². The molecule has 1 aliphatic rings. The summed E-state index contributed by atoms with van der Waals surface area (Å²) in [4.78, 5) is 0. The van der Waals surface area contributed by atoms with Gasteiger partial charge in [-0.2, -0.15) is 0 Å². The molecule has 2 rings (SSSR count). The van der Waals surface area contributed by atoms with Crippen molar-refractivity contribution in [1.82, 2.24) is 5.43 Å². The van der Waals surface area contributed by atoms with Gasteiger partial charge in [0.2, 0.25) is 0 Å². The number of hydrogen-bond donors (Lipinski definition) is 2. The largest absolute Gasteiger partial charge is 0.448 e. The molecule has 0 saturated heterocycles. The molecule has 0 radical (unpaired) electrons. The van der Waals surface area contributed by atoms with Crippen molar-refractivity contribution in [2.75, 3.05) is 0 Å². The Labute approximate surface area is 94.9 Å². The second-order valence-electron chi connectivity index (χ2n) is 4.18. The Balaban J connectivity index is 2.08. The number of nitrogens with two attached hydrogens (primary N) is 1. The molecule has 1 heterocycles. The van der Waals surface area contributed by atoms with Crippen LogP contribution in [-0.4, -0.2) is 0 Å². The Morgan fingerprint density at radius 2 is 2.07 bits per heavy atom. The molecule has 1 atom stereocenters. The van der Waals surface area contributed by atoms with E-state index in [0.29, 0.717) is 11.1 Å². The lowest BCUT2D eigenvalue weighted by atomic mass is 9.83. The fourth-order valence-corrected chi connectivity index (χ4v) is 2.57. The first-order valence-corrected chi connectivity index (χ1v) is 5.90. The van der Waals surface area contributed by atoms with Gasteiger partial charge in [0.05, 0.1) is 6.04 Å². The molecule has 15 heavy (non-hydrogen) atoms. The van der Waals surface area contributed by atoms with Crippen LogP contribution in [0.3, 0.4) is 0 Å². The van der Waals surface area contributed by atoms with Crippen molar-refractivity contribution >= 4 is 11.6 Å². The van der Waals surface area contributed by atoms with E-state index in [-0.39, 0.29) is 6.04 Å². The molecular weight excluding hydrogens is 212 g/mol. The van der Waals surface area contributed by atoms with Gasteiger partial charge in [-0.05, 0) is 42.5 Å². The summed E-state index contributed by atoms with van der Waals surface area (Å²) < 4.78 is 5.41. The van der Waals surface area contributed by atoms with Gasteiger partial charge >= 0.3 is 0 Å². The number of hydrazine groups is 1. The maximum absolute atomic E-state index is 5.77. The van der Waals surface area contributed by atoms with E-state index in [0.717, 1.165) is 5.76 Å². The van der Waals surface area contributed by atoms with Crippen LogP contribution in [0.5, 0.6) is 0 Å². The Morgan fingerprint density at radius 1 is 1.33 bits per heavy atom. The topological polar surface area (TPSA) is 51.2 Å². The van der Waals surface area contributed by atoms with Crippen LogP contribution in [0.4, 0.5) is 0 Å². The lowest BCUT2D eigenvalue weighted by Gasteiger charge is -2.28. The number of halogens is 1. The third kappa shape index (κ3) is 2.54. The van der Waals surface area contributed by atoms with Gasteiger partial charge in [-0.3, -0.25) is 5.84 Å². The van der Waals surface area contributed by atoms with Gasteiger partial charge in [0, 0.05) is 0 Å². The molecule has 4 heteroatoms. The Bertz CT molecular complexity index is 307. The monoisotopic (exact) mass is 228 g/mol. The minimum Gasteiger partial charge on any atom is -0.448 e. The average molecular weight is 229 g/mol. The van der Waals surface area contributed by atoms with Crippen molar-refractivity contribution in [1.29, 1.82) is 0 Å². The first-order chi connectivity index (χ1) is 7.31. The Hall–Kier alpha value is -0.510. The zero-order valence-corrected chi connectivity index (χ0v) is 9.46. The standard InChI is InChI=1S/C11H17ClN2O/c12-10-7-6-9(15-10)11(14-13)8-4-2-1-3-5-8/h6-8,11,14H,1-5,13H2. The van der Waals surface area contributed by atoms with E-state index in [1.54, 1.807) is 6.07 Å². The molecule has 1 aromatic rings. The highest BCUT2D eigenvalue weighted by molar-refractivity contribution is 6.28. The molecule has 0 bridgehead atoms. The normalized spacial score (nSPS) is 20.4. The van der Waals surface area contributed by atoms with Crippen molar-refractivity contribution in [3.8, 4) is 0 Å². The molecule has 1 fully saturated rings. The van der Waals surface area contributed by atoms with Crippen molar-refractivity contribution in [3.63, 3.8) is 0 Å². The van der Waals surface area contributed by atoms with Crippen LogP contribution in [0.1, 0.15) is 43.9 Å². The maximum atomic E-state index is 5.77. The van der Waals surface area contributed by atoms with Crippen LogP contribution in [0.15, 0.2) is 16.5 Å². The molecule has 1 unspecified atom stereocenters. The van der Waals surface area contributed by atoms with E-state index in [9.17, 15) is 0 Å². The summed E-state index contributed by atoms with van der Waals surface area (Å²) in [6, 6.07) is 3.78. The molecular formula is C11H17ClN2O. The van der Waals surface area contributed by atoms with E-state index in [4.69, 9.17) is 21.9 Å². The van der Waals surface area contributed by atoms with Crippen molar-refractivity contribution < 1.29 is 4.42 Å². The molecule has 1 aromatic heterocycles. The zero-order chi connectivity index (χ0) is 10.7. The number of rotatable bonds is 3. The van der Waals surface area contributed by atoms with Gasteiger partial charge in [-0.15, -0.1) is 0 Å². The first kappa shape index (κ1) is 11.0. The quantitative estimate of drug-likeness (QED) is 0.618. The molecule has 0 aromatic carbocycles. The number of hydrogen-bond acceptors (Lipinski definition) is 3. The average Bonchev–Trinajstić information content (AvgIpc) is 2.68. The number of nitrogens with one attached hydrogen (secondary N) is 1. The smallest absolute Gasteiger partial charge is 0.193 e. The third-order valence-corrected chi connectivity index (χ3v) is 3.40. The van der Waals surface area contributed by atoms with Gasteiger partial charge in [-0.25, -0.2) is 5.43 Å². The fourth-order valence-electron chi connectivity index (χ4n) is 2.41. The summed E-state index contributed by atoms with van der Waals surface area (Å²) in [5, 5.41) is 0.432. The molecule has 0 spiro atoms. The van der Waals surface area contributed by atoms with E-state index in [1.807, 2.05) is 6.07 Å². The fraction of sp³-hybridized carbons (Fsp3) is 0.636. The van der Waals surface area contributed by atoms with E-state index < -0.39 is 0 Å². The van der Waals surface area contributed by atoms with Gasteiger partial charge in [0.1, 0.15) is 5.76 Å². The molecule has 1 saturated carbocycles. The second kappa shape index (κ2) is 5.01. The van der Waals surface area contributed by atoms with Crippen molar-refractivity contribution in [3.05, 3.63) is 23.1 Å². The Kier molecular flexibility index (Phi) is 3.67.